The van der Waals surface area contributed by atoms with Gasteiger partial charge in [0.05, 0.1) is 16.3 Å². The Bertz CT molecular complexity index is 1160. The molecule has 1 amide bonds. The Kier molecular flexibility index (Phi) is 5.25. The van der Waals surface area contributed by atoms with Crippen molar-refractivity contribution in [1.29, 1.82) is 0 Å². The van der Waals surface area contributed by atoms with E-state index in [0.29, 0.717) is 11.4 Å². The number of aromatic amines is 2. The predicted molar refractivity (Wildman–Crippen MR) is 119 cm³/mol. The smallest absolute Gasteiger partial charge is 0.269 e. The van der Waals surface area contributed by atoms with Crippen molar-refractivity contribution in [2.75, 3.05) is 18.0 Å². The van der Waals surface area contributed by atoms with Crippen molar-refractivity contribution in [3.8, 4) is 21.8 Å². The van der Waals surface area contributed by atoms with E-state index >= 15 is 0 Å². The number of H-pyrrole nitrogens is 2. The Hall–Kier alpha value is -3.46. The van der Waals surface area contributed by atoms with Crippen LogP contribution >= 0.6 is 11.3 Å². The summed E-state index contributed by atoms with van der Waals surface area (Å²) in [5.41, 5.74) is 2.79. The van der Waals surface area contributed by atoms with Gasteiger partial charge in [0.2, 0.25) is 0 Å². The van der Waals surface area contributed by atoms with Gasteiger partial charge in [-0.05, 0) is 54.6 Å². The lowest BCUT2D eigenvalue weighted by Gasteiger charge is -2.32. The summed E-state index contributed by atoms with van der Waals surface area (Å²) in [6, 6.07) is 14.0. The van der Waals surface area contributed by atoms with E-state index in [4.69, 9.17) is 0 Å². The lowest BCUT2D eigenvalue weighted by Crippen LogP contribution is -2.44. The van der Waals surface area contributed by atoms with Crippen LogP contribution in [0.25, 0.3) is 21.8 Å². The van der Waals surface area contributed by atoms with E-state index < -0.39 is 0 Å². The number of thiophene rings is 1. The number of halogens is 1. The number of carbonyl (C=O) groups is 1. The first-order chi connectivity index (χ1) is 15.2. The summed E-state index contributed by atoms with van der Waals surface area (Å²) in [5.74, 6) is 0.450. The molecule has 1 saturated heterocycles. The van der Waals surface area contributed by atoms with E-state index in [1.807, 2.05) is 11.4 Å². The summed E-state index contributed by atoms with van der Waals surface area (Å²) in [5, 5.41) is 19.6. The molecule has 0 saturated carbocycles. The van der Waals surface area contributed by atoms with Crippen LogP contribution in [0.5, 0.6) is 0 Å². The fourth-order valence-corrected chi connectivity index (χ4v) is 4.45. The number of amides is 1. The Labute approximate surface area is 182 Å². The Balaban J connectivity index is 1.16. The van der Waals surface area contributed by atoms with E-state index in [2.05, 4.69) is 42.7 Å². The molecule has 3 N–H and O–H groups in total. The van der Waals surface area contributed by atoms with Crippen LogP contribution in [-0.2, 0) is 0 Å². The highest BCUT2D eigenvalue weighted by molar-refractivity contribution is 7.13. The second-order valence-electron chi connectivity index (χ2n) is 7.53. The van der Waals surface area contributed by atoms with Crippen LogP contribution in [0, 0.1) is 5.82 Å². The molecule has 0 aliphatic carbocycles. The summed E-state index contributed by atoms with van der Waals surface area (Å²) >= 11 is 1.68. The minimum Gasteiger partial charge on any atom is -0.355 e. The molecular weight excluding hydrogens is 415 g/mol. The summed E-state index contributed by atoms with van der Waals surface area (Å²) in [7, 11) is 0. The van der Waals surface area contributed by atoms with Gasteiger partial charge in [-0.2, -0.15) is 10.2 Å². The first-order valence-corrected chi connectivity index (χ1v) is 11.0. The number of carbonyl (C=O) groups excluding carboxylic acids is 1. The molecule has 1 fully saturated rings. The summed E-state index contributed by atoms with van der Waals surface area (Å²) in [4.78, 5) is 16.0. The molecule has 1 aliphatic heterocycles. The Morgan fingerprint density at radius 1 is 1.10 bits per heavy atom. The van der Waals surface area contributed by atoms with Crippen LogP contribution in [0.3, 0.4) is 0 Å². The zero-order valence-electron chi connectivity index (χ0n) is 16.6. The zero-order chi connectivity index (χ0) is 21.2. The number of hydrogen-bond donors (Lipinski definition) is 3. The molecule has 3 aromatic heterocycles. The molecule has 0 spiro atoms. The van der Waals surface area contributed by atoms with Gasteiger partial charge in [-0.1, -0.05) is 6.07 Å². The lowest BCUT2D eigenvalue weighted by atomic mass is 10.0. The topological polar surface area (TPSA) is 89.7 Å². The van der Waals surface area contributed by atoms with Crippen molar-refractivity contribution in [3.05, 3.63) is 65.4 Å². The molecule has 9 heteroatoms. The number of aromatic nitrogens is 4. The zero-order valence-corrected chi connectivity index (χ0v) is 17.5. The molecule has 4 aromatic rings. The van der Waals surface area contributed by atoms with Crippen LogP contribution in [0.1, 0.15) is 23.3 Å². The third kappa shape index (κ3) is 4.22. The van der Waals surface area contributed by atoms with E-state index in [1.54, 1.807) is 29.5 Å². The highest BCUT2D eigenvalue weighted by Gasteiger charge is 2.23. The first kappa shape index (κ1) is 19.5. The predicted octanol–water partition coefficient (Wildman–Crippen LogP) is 4.07. The van der Waals surface area contributed by atoms with E-state index in [1.165, 1.54) is 17.0 Å². The van der Waals surface area contributed by atoms with Crippen LogP contribution in [-0.4, -0.2) is 45.4 Å². The van der Waals surface area contributed by atoms with E-state index in [9.17, 15) is 9.18 Å². The molecule has 0 atom stereocenters. The van der Waals surface area contributed by atoms with E-state index in [-0.39, 0.29) is 17.8 Å². The number of nitrogens with zero attached hydrogens (tertiary/aromatic N) is 3. The fourth-order valence-electron chi connectivity index (χ4n) is 3.75. The fraction of sp³-hybridized carbons (Fsp3) is 0.227. The number of hydrogen-bond acceptors (Lipinski definition) is 5. The van der Waals surface area contributed by atoms with E-state index in [0.717, 1.165) is 43.0 Å². The van der Waals surface area contributed by atoms with Crippen LogP contribution in [0.15, 0.2) is 53.9 Å². The Morgan fingerprint density at radius 2 is 1.90 bits per heavy atom. The monoisotopic (exact) mass is 436 g/mol. The Morgan fingerprint density at radius 3 is 2.65 bits per heavy atom. The summed E-state index contributed by atoms with van der Waals surface area (Å²) in [6.45, 7) is 1.65. The second-order valence-corrected chi connectivity index (χ2v) is 8.47. The van der Waals surface area contributed by atoms with Crippen molar-refractivity contribution < 1.29 is 9.18 Å². The molecule has 5 rings (SSSR count). The van der Waals surface area contributed by atoms with Gasteiger partial charge in [0, 0.05) is 30.8 Å². The number of rotatable bonds is 5. The minimum absolute atomic E-state index is 0.0945. The molecular formula is C22H21FN6OS. The van der Waals surface area contributed by atoms with Gasteiger partial charge < -0.3 is 10.2 Å². The van der Waals surface area contributed by atoms with Gasteiger partial charge in [0.15, 0.2) is 5.82 Å². The van der Waals surface area contributed by atoms with Gasteiger partial charge in [-0.15, -0.1) is 11.3 Å². The summed E-state index contributed by atoms with van der Waals surface area (Å²) in [6.07, 6.45) is 1.68. The number of benzene rings is 1. The van der Waals surface area contributed by atoms with Crippen LogP contribution in [0.4, 0.5) is 10.2 Å². The van der Waals surface area contributed by atoms with Crippen LogP contribution < -0.4 is 10.2 Å². The lowest BCUT2D eigenvalue weighted by molar-refractivity contribution is 0.0926. The molecule has 0 radical (unpaired) electrons. The number of piperidine rings is 1. The molecule has 0 bridgehead atoms. The molecule has 4 heterocycles. The quantitative estimate of drug-likeness (QED) is 0.440. The van der Waals surface area contributed by atoms with Crippen molar-refractivity contribution in [1.82, 2.24) is 25.7 Å². The van der Waals surface area contributed by atoms with Gasteiger partial charge in [-0.25, -0.2) is 4.39 Å². The molecule has 0 unspecified atom stereocenters. The number of nitrogens with one attached hydrogen (secondary N) is 3. The minimum atomic E-state index is -0.304. The van der Waals surface area contributed by atoms with Crippen molar-refractivity contribution in [2.45, 2.75) is 18.9 Å². The maximum atomic E-state index is 13.1. The van der Waals surface area contributed by atoms with Gasteiger partial charge in [0.1, 0.15) is 11.5 Å². The molecule has 31 heavy (non-hydrogen) atoms. The molecule has 158 valence electrons. The average Bonchev–Trinajstić information content (AvgIpc) is 3.56. The summed E-state index contributed by atoms with van der Waals surface area (Å²) < 4.78 is 13.1. The van der Waals surface area contributed by atoms with Gasteiger partial charge >= 0.3 is 0 Å². The maximum Gasteiger partial charge on any atom is 0.269 e. The largest absolute Gasteiger partial charge is 0.355 e. The third-order valence-electron chi connectivity index (χ3n) is 5.47. The standard InChI is InChI=1S/C22H21FN6OS/c23-15-5-3-14(4-6-15)17-12-19(27-25-17)22(30)24-16-7-9-29(10-8-16)21-13-18(26-28-21)20-2-1-11-31-20/h1-6,11-13,16H,7-10H2,(H,24,30)(H,25,27)(H,26,28). The third-order valence-corrected chi connectivity index (χ3v) is 6.37. The van der Waals surface area contributed by atoms with Crippen molar-refractivity contribution in [3.63, 3.8) is 0 Å². The molecule has 1 aromatic carbocycles. The van der Waals surface area contributed by atoms with Crippen molar-refractivity contribution >= 4 is 23.1 Å². The highest BCUT2D eigenvalue weighted by Crippen LogP contribution is 2.27. The molecule has 7 nitrogen and oxygen atoms in total. The molecule has 1 aliphatic rings. The first-order valence-electron chi connectivity index (χ1n) is 10.1. The normalized spacial score (nSPS) is 14.7. The second kappa shape index (κ2) is 8.35. The van der Waals surface area contributed by atoms with Crippen molar-refractivity contribution in [2.24, 2.45) is 0 Å². The van der Waals surface area contributed by atoms with Gasteiger partial charge in [-0.3, -0.25) is 15.0 Å². The van der Waals surface area contributed by atoms with Crippen LogP contribution in [0.2, 0.25) is 0 Å². The average molecular weight is 437 g/mol. The highest BCUT2D eigenvalue weighted by atomic mass is 32.1. The maximum absolute atomic E-state index is 13.1. The van der Waals surface area contributed by atoms with Gasteiger partial charge in [0.25, 0.3) is 5.91 Å². The SMILES string of the molecule is O=C(NC1CCN(c2cc(-c3cccs3)[nH]n2)CC1)c1cc(-c2ccc(F)cc2)n[nH]1. The number of anilines is 1.